The monoisotopic (exact) mass is 307 g/mol. The Balaban J connectivity index is 1.73. The zero-order valence-electron chi connectivity index (χ0n) is 14.3. The highest BCUT2D eigenvalue weighted by molar-refractivity contribution is 5.68. The van der Waals surface area contributed by atoms with Crippen molar-refractivity contribution in [2.45, 2.75) is 58.2 Å². The van der Waals surface area contributed by atoms with Gasteiger partial charge in [-0.15, -0.1) is 0 Å². The maximum absolute atomic E-state index is 12.2. The van der Waals surface area contributed by atoms with E-state index in [0.29, 0.717) is 6.04 Å². The SMILES string of the molecule is Cn1ccc(CNCCC2CCCN2C(=O)OC(C)(C)C)c1. The first-order chi connectivity index (χ1) is 10.3. The first kappa shape index (κ1) is 16.9. The summed E-state index contributed by atoms with van der Waals surface area (Å²) in [5.74, 6) is 0. The van der Waals surface area contributed by atoms with Crippen LogP contribution in [0.15, 0.2) is 18.5 Å². The van der Waals surface area contributed by atoms with Crippen molar-refractivity contribution < 1.29 is 9.53 Å². The number of carbonyl (C=O) groups is 1. The number of nitrogens with zero attached hydrogens (tertiary/aromatic N) is 2. The molecule has 1 fully saturated rings. The molecule has 0 aliphatic carbocycles. The standard InChI is InChI=1S/C17H29N3O2/c1-17(2,3)22-16(21)20-10-5-6-15(20)7-9-18-12-14-8-11-19(4)13-14/h8,11,13,15,18H,5-7,9-10,12H2,1-4H3. The predicted octanol–water partition coefficient (Wildman–Crippen LogP) is 2.90. The Morgan fingerprint density at radius 2 is 2.23 bits per heavy atom. The summed E-state index contributed by atoms with van der Waals surface area (Å²) in [5.41, 5.74) is 0.869. The molecule has 1 atom stereocenters. The highest BCUT2D eigenvalue weighted by atomic mass is 16.6. The minimum absolute atomic E-state index is 0.168. The van der Waals surface area contributed by atoms with Crippen LogP contribution < -0.4 is 5.32 Å². The molecule has 0 saturated carbocycles. The largest absolute Gasteiger partial charge is 0.444 e. The Morgan fingerprint density at radius 1 is 1.45 bits per heavy atom. The smallest absolute Gasteiger partial charge is 0.410 e. The normalized spacial score (nSPS) is 18.7. The zero-order valence-corrected chi connectivity index (χ0v) is 14.3. The Morgan fingerprint density at radius 3 is 2.86 bits per heavy atom. The van der Waals surface area contributed by atoms with Crippen LogP contribution in [0.1, 0.15) is 45.6 Å². The van der Waals surface area contributed by atoms with Gasteiger partial charge in [0.25, 0.3) is 0 Å². The van der Waals surface area contributed by atoms with Gasteiger partial charge in [-0.3, -0.25) is 0 Å². The average Bonchev–Trinajstić information content (AvgIpc) is 3.01. The average molecular weight is 307 g/mol. The lowest BCUT2D eigenvalue weighted by atomic mass is 10.1. The summed E-state index contributed by atoms with van der Waals surface area (Å²) in [7, 11) is 2.03. The Hall–Kier alpha value is -1.49. The molecular weight excluding hydrogens is 278 g/mol. The van der Waals surface area contributed by atoms with Gasteiger partial charge in [0, 0.05) is 38.6 Å². The molecule has 2 heterocycles. The topological polar surface area (TPSA) is 46.5 Å². The van der Waals surface area contributed by atoms with E-state index in [-0.39, 0.29) is 6.09 Å². The molecule has 22 heavy (non-hydrogen) atoms. The molecular formula is C17H29N3O2. The van der Waals surface area contributed by atoms with Gasteiger partial charge in [-0.1, -0.05) is 0 Å². The molecule has 5 heteroatoms. The van der Waals surface area contributed by atoms with Crippen molar-refractivity contribution >= 4 is 6.09 Å². The van der Waals surface area contributed by atoms with Crippen molar-refractivity contribution in [3.8, 4) is 0 Å². The third-order valence-electron chi connectivity index (χ3n) is 3.88. The number of ether oxygens (including phenoxy) is 1. The van der Waals surface area contributed by atoms with E-state index >= 15 is 0 Å². The van der Waals surface area contributed by atoms with Gasteiger partial charge in [-0.25, -0.2) is 4.79 Å². The van der Waals surface area contributed by atoms with Crippen molar-refractivity contribution in [2.24, 2.45) is 7.05 Å². The van der Waals surface area contributed by atoms with Gasteiger partial charge in [-0.2, -0.15) is 0 Å². The third kappa shape index (κ3) is 5.05. The molecule has 0 spiro atoms. The van der Waals surface area contributed by atoms with Crippen LogP contribution in [0, 0.1) is 0 Å². The molecule has 1 unspecified atom stereocenters. The van der Waals surface area contributed by atoms with Crippen molar-refractivity contribution in [1.82, 2.24) is 14.8 Å². The van der Waals surface area contributed by atoms with Gasteiger partial charge >= 0.3 is 6.09 Å². The molecule has 124 valence electrons. The van der Waals surface area contributed by atoms with E-state index in [1.807, 2.05) is 32.7 Å². The van der Waals surface area contributed by atoms with E-state index in [0.717, 1.165) is 38.9 Å². The second kappa shape index (κ2) is 7.18. The number of likely N-dealkylation sites (tertiary alicyclic amines) is 1. The van der Waals surface area contributed by atoms with E-state index in [9.17, 15) is 4.79 Å². The summed E-state index contributed by atoms with van der Waals surface area (Å²) in [6.45, 7) is 8.35. The van der Waals surface area contributed by atoms with Crippen molar-refractivity contribution in [1.29, 1.82) is 0 Å². The number of rotatable bonds is 5. The third-order valence-corrected chi connectivity index (χ3v) is 3.88. The zero-order chi connectivity index (χ0) is 16.2. The van der Waals surface area contributed by atoms with Gasteiger partial charge in [0.05, 0.1) is 0 Å². The molecule has 1 aromatic heterocycles. The second-order valence-electron chi connectivity index (χ2n) is 7.12. The fourth-order valence-electron chi connectivity index (χ4n) is 2.86. The van der Waals surface area contributed by atoms with Crippen molar-refractivity contribution in [3.63, 3.8) is 0 Å². The molecule has 1 amide bonds. The number of aryl methyl sites for hydroxylation is 1. The van der Waals surface area contributed by atoms with Crippen LogP contribution >= 0.6 is 0 Å². The number of hydrogen-bond acceptors (Lipinski definition) is 3. The van der Waals surface area contributed by atoms with Crippen molar-refractivity contribution in [3.05, 3.63) is 24.0 Å². The maximum atomic E-state index is 12.2. The summed E-state index contributed by atoms with van der Waals surface area (Å²) in [6.07, 6.45) is 7.13. The quantitative estimate of drug-likeness (QED) is 0.851. The number of amides is 1. The number of aromatic nitrogens is 1. The summed E-state index contributed by atoms with van der Waals surface area (Å²) < 4.78 is 7.55. The van der Waals surface area contributed by atoms with Crippen molar-refractivity contribution in [2.75, 3.05) is 13.1 Å². The molecule has 1 aliphatic heterocycles. The van der Waals surface area contributed by atoms with Crippen LogP contribution in [0.25, 0.3) is 0 Å². The lowest BCUT2D eigenvalue weighted by Gasteiger charge is -2.28. The molecule has 5 nitrogen and oxygen atoms in total. The number of hydrogen-bond donors (Lipinski definition) is 1. The van der Waals surface area contributed by atoms with Gasteiger partial charge in [0.1, 0.15) is 5.60 Å². The maximum Gasteiger partial charge on any atom is 0.410 e. The number of nitrogens with one attached hydrogen (secondary N) is 1. The van der Waals surface area contributed by atoms with Gasteiger partial charge < -0.3 is 19.5 Å². The van der Waals surface area contributed by atoms with Crippen LogP contribution in [-0.2, 0) is 18.3 Å². The molecule has 1 N–H and O–H groups in total. The lowest BCUT2D eigenvalue weighted by Crippen LogP contribution is -2.40. The minimum atomic E-state index is -0.421. The Labute approximate surface area is 133 Å². The molecule has 1 aliphatic rings. The molecule has 0 radical (unpaired) electrons. The lowest BCUT2D eigenvalue weighted by molar-refractivity contribution is 0.0220. The van der Waals surface area contributed by atoms with E-state index in [1.165, 1.54) is 5.56 Å². The summed E-state index contributed by atoms with van der Waals surface area (Å²) >= 11 is 0. The molecule has 1 aromatic rings. The fourth-order valence-corrected chi connectivity index (χ4v) is 2.86. The van der Waals surface area contributed by atoms with Gasteiger partial charge in [0.15, 0.2) is 0 Å². The molecule has 1 saturated heterocycles. The number of carbonyl (C=O) groups excluding carboxylic acids is 1. The summed E-state index contributed by atoms with van der Waals surface area (Å²) in [6, 6.07) is 2.42. The molecule has 0 aromatic carbocycles. The van der Waals surface area contributed by atoms with Gasteiger partial charge in [0.2, 0.25) is 0 Å². The van der Waals surface area contributed by atoms with E-state index in [4.69, 9.17) is 4.74 Å². The predicted molar refractivity (Wildman–Crippen MR) is 87.7 cm³/mol. The Bertz CT molecular complexity index is 490. The highest BCUT2D eigenvalue weighted by Gasteiger charge is 2.31. The first-order valence-corrected chi connectivity index (χ1v) is 8.16. The summed E-state index contributed by atoms with van der Waals surface area (Å²) in [5, 5.41) is 3.46. The first-order valence-electron chi connectivity index (χ1n) is 8.16. The summed E-state index contributed by atoms with van der Waals surface area (Å²) in [4.78, 5) is 14.1. The van der Waals surface area contributed by atoms with E-state index in [2.05, 4.69) is 28.3 Å². The van der Waals surface area contributed by atoms with Crippen LogP contribution in [0.5, 0.6) is 0 Å². The second-order valence-corrected chi connectivity index (χ2v) is 7.12. The van der Waals surface area contributed by atoms with E-state index < -0.39 is 5.60 Å². The van der Waals surface area contributed by atoms with E-state index in [1.54, 1.807) is 0 Å². The van der Waals surface area contributed by atoms with Crippen LogP contribution in [-0.4, -0.2) is 40.3 Å². The molecule has 2 rings (SSSR count). The highest BCUT2D eigenvalue weighted by Crippen LogP contribution is 2.22. The fraction of sp³-hybridized carbons (Fsp3) is 0.706. The minimum Gasteiger partial charge on any atom is -0.444 e. The Kier molecular flexibility index (Phi) is 5.51. The van der Waals surface area contributed by atoms with Crippen LogP contribution in [0.3, 0.4) is 0 Å². The molecule has 0 bridgehead atoms. The van der Waals surface area contributed by atoms with Gasteiger partial charge in [-0.05, 0) is 58.2 Å². The van der Waals surface area contributed by atoms with Crippen LogP contribution in [0.4, 0.5) is 4.79 Å². The van der Waals surface area contributed by atoms with Crippen LogP contribution in [0.2, 0.25) is 0 Å².